The van der Waals surface area contributed by atoms with Crippen LogP contribution < -0.4 is 20.7 Å². The van der Waals surface area contributed by atoms with Crippen molar-refractivity contribution in [2.75, 3.05) is 55.7 Å². The van der Waals surface area contributed by atoms with Gasteiger partial charge in [-0.1, -0.05) is 12.1 Å². The molecule has 3 amide bonds. The number of hydrogen-bond donors (Lipinski definition) is 2. The van der Waals surface area contributed by atoms with Crippen LogP contribution in [0.3, 0.4) is 0 Å². The van der Waals surface area contributed by atoms with Crippen LogP contribution in [0.4, 0.5) is 20.6 Å². The average Bonchev–Trinajstić information content (AvgIpc) is 2.97. The van der Waals surface area contributed by atoms with E-state index >= 15 is 0 Å². The minimum absolute atomic E-state index is 0.00641. The summed E-state index contributed by atoms with van der Waals surface area (Å²) in [7, 11) is 0. The first kappa shape index (κ1) is 29.8. The molecule has 2 saturated heterocycles. The average molecular weight is 597 g/mol. The van der Waals surface area contributed by atoms with Crippen molar-refractivity contribution >= 4 is 34.9 Å². The molecule has 228 valence electrons. The highest BCUT2D eigenvalue weighted by Crippen LogP contribution is 2.30. The van der Waals surface area contributed by atoms with Gasteiger partial charge >= 0.3 is 11.7 Å². The number of halogens is 1. The quantitative estimate of drug-likeness (QED) is 0.451. The predicted molar refractivity (Wildman–Crippen MR) is 154 cm³/mol. The number of benzene rings is 1. The molecular formula is C29H33FN6O7. The molecule has 1 aromatic carbocycles. The summed E-state index contributed by atoms with van der Waals surface area (Å²) in [5.41, 5.74) is -0.754. The van der Waals surface area contributed by atoms with Crippen LogP contribution in [-0.4, -0.2) is 88.8 Å². The van der Waals surface area contributed by atoms with Gasteiger partial charge in [-0.05, 0) is 44.5 Å². The molecule has 2 N–H and O–H groups in total. The number of anilines is 2. The van der Waals surface area contributed by atoms with Gasteiger partial charge in [-0.2, -0.15) is 0 Å². The smallest absolute Gasteiger partial charge is 0.410 e. The maximum atomic E-state index is 13.4. The molecule has 0 unspecified atom stereocenters. The van der Waals surface area contributed by atoms with Crippen molar-refractivity contribution in [3.05, 3.63) is 64.0 Å². The molecule has 43 heavy (non-hydrogen) atoms. The summed E-state index contributed by atoms with van der Waals surface area (Å²) in [5.74, 6) is -2.56. The van der Waals surface area contributed by atoms with Gasteiger partial charge in [0, 0.05) is 38.9 Å². The van der Waals surface area contributed by atoms with Crippen molar-refractivity contribution in [3.8, 4) is 5.75 Å². The third-order valence-corrected chi connectivity index (χ3v) is 6.99. The minimum atomic E-state index is -0.895. The van der Waals surface area contributed by atoms with Gasteiger partial charge < -0.3 is 29.7 Å². The van der Waals surface area contributed by atoms with E-state index < -0.39 is 46.3 Å². The van der Waals surface area contributed by atoms with Gasteiger partial charge in [0.05, 0.1) is 24.6 Å². The van der Waals surface area contributed by atoms with Crippen molar-refractivity contribution in [3.63, 3.8) is 0 Å². The van der Waals surface area contributed by atoms with Crippen LogP contribution >= 0.6 is 0 Å². The summed E-state index contributed by atoms with van der Waals surface area (Å²) in [4.78, 5) is 61.6. The number of ether oxygens (including phenoxy) is 2. The Balaban J connectivity index is 1.52. The number of amides is 3. The number of aromatic nitrogens is 2. The second-order valence-electron chi connectivity index (χ2n) is 11.2. The maximum absolute atomic E-state index is 13.4. The second-order valence-corrected chi connectivity index (χ2v) is 11.2. The molecule has 0 atom stereocenters. The number of pyridine rings is 1. The first-order chi connectivity index (χ1) is 20.4. The summed E-state index contributed by atoms with van der Waals surface area (Å²) in [5, 5.41) is 13.3. The molecule has 0 spiro atoms. The lowest BCUT2D eigenvalue weighted by Gasteiger charge is -2.36. The highest BCUT2D eigenvalue weighted by atomic mass is 19.1. The van der Waals surface area contributed by atoms with E-state index in [4.69, 9.17) is 9.47 Å². The third-order valence-electron chi connectivity index (χ3n) is 6.99. The molecule has 2 fully saturated rings. The molecule has 0 saturated carbocycles. The minimum Gasteiger partial charge on any atom is -0.501 e. The number of carbonyl (C=O) groups excluding carboxylic acids is 3. The largest absolute Gasteiger partial charge is 0.501 e. The van der Waals surface area contributed by atoms with Crippen LogP contribution in [0.25, 0.3) is 5.65 Å². The van der Waals surface area contributed by atoms with E-state index in [0.29, 0.717) is 37.6 Å². The molecule has 2 aliphatic rings. The van der Waals surface area contributed by atoms with Gasteiger partial charge in [0.15, 0.2) is 11.3 Å². The SMILES string of the molecule is CC(C)(C)OC(=O)N1CCN(c2cc(N3CCOCC3)cn3c(=O)c(O)c(C(=O)NCc4ccc(F)cc4)nc23)C(=O)C1. The van der Waals surface area contributed by atoms with Crippen molar-refractivity contribution in [2.24, 2.45) is 0 Å². The lowest BCUT2D eigenvalue weighted by Crippen LogP contribution is -2.53. The van der Waals surface area contributed by atoms with Crippen LogP contribution in [0.5, 0.6) is 5.75 Å². The van der Waals surface area contributed by atoms with Crippen molar-refractivity contribution < 1.29 is 33.4 Å². The number of hydrogen-bond acceptors (Lipinski definition) is 9. The Kier molecular flexibility index (Phi) is 8.22. The van der Waals surface area contributed by atoms with Gasteiger partial charge in [-0.3, -0.25) is 23.7 Å². The number of fused-ring (bicyclic) bond motifs is 1. The standard InChI is InChI=1S/C29H33FN6O7/c1-29(2,3)43-28(41)34-8-9-35(22(37)17-34)21-14-20(33-10-12-42-13-11-33)16-36-25(21)32-23(24(38)27(36)40)26(39)31-15-18-4-6-19(30)7-5-18/h4-7,14,16,38H,8-13,15,17H2,1-3H3,(H,31,39). The number of nitrogens with zero attached hydrogens (tertiary/aromatic N) is 5. The lowest BCUT2D eigenvalue weighted by atomic mass is 10.2. The van der Waals surface area contributed by atoms with Gasteiger partial charge in [0.25, 0.3) is 5.91 Å². The molecule has 2 aliphatic heterocycles. The number of carbonyl (C=O) groups is 3. The van der Waals surface area contributed by atoms with E-state index in [1.165, 1.54) is 40.3 Å². The lowest BCUT2D eigenvalue weighted by molar-refractivity contribution is -0.121. The zero-order chi connectivity index (χ0) is 30.9. The highest BCUT2D eigenvalue weighted by molar-refractivity contribution is 6.01. The van der Waals surface area contributed by atoms with Crippen LogP contribution in [0.15, 0.2) is 41.3 Å². The molecule has 5 rings (SSSR count). The van der Waals surface area contributed by atoms with Gasteiger partial charge in [0.1, 0.15) is 18.0 Å². The Hall–Kier alpha value is -4.72. The maximum Gasteiger partial charge on any atom is 0.410 e. The van der Waals surface area contributed by atoms with E-state index in [0.717, 1.165) is 4.40 Å². The number of aromatic hydroxyl groups is 1. The van der Waals surface area contributed by atoms with Crippen molar-refractivity contribution in [2.45, 2.75) is 32.9 Å². The fourth-order valence-corrected chi connectivity index (χ4v) is 4.83. The third kappa shape index (κ3) is 6.53. The molecule has 3 aromatic rings. The summed E-state index contributed by atoms with van der Waals surface area (Å²) >= 11 is 0. The van der Waals surface area contributed by atoms with E-state index in [1.807, 2.05) is 4.90 Å². The Morgan fingerprint density at radius 1 is 1.09 bits per heavy atom. The molecule has 4 heterocycles. The topological polar surface area (TPSA) is 146 Å². The molecule has 2 aromatic heterocycles. The first-order valence-electron chi connectivity index (χ1n) is 13.8. The summed E-state index contributed by atoms with van der Waals surface area (Å²) in [6, 6.07) is 7.18. The fraction of sp³-hybridized carbons (Fsp3) is 0.414. The van der Waals surface area contributed by atoms with Crippen LogP contribution in [0.1, 0.15) is 36.8 Å². The van der Waals surface area contributed by atoms with Gasteiger partial charge in [-0.15, -0.1) is 0 Å². The first-order valence-corrected chi connectivity index (χ1v) is 13.8. The zero-order valence-corrected chi connectivity index (χ0v) is 24.1. The Morgan fingerprint density at radius 3 is 2.44 bits per heavy atom. The monoisotopic (exact) mass is 596 g/mol. The second kappa shape index (κ2) is 11.9. The van der Waals surface area contributed by atoms with E-state index in [9.17, 15) is 28.7 Å². The molecule has 0 bridgehead atoms. The van der Waals surface area contributed by atoms with Crippen molar-refractivity contribution in [1.29, 1.82) is 0 Å². The van der Waals surface area contributed by atoms with Gasteiger partial charge in [0.2, 0.25) is 11.7 Å². The van der Waals surface area contributed by atoms with E-state index in [-0.39, 0.29) is 37.5 Å². The molecule has 14 heteroatoms. The highest BCUT2D eigenvalue weighted by Gasteiger charge is 2.33. The molecule has 13 nitrogen and oxygen atoms in total. The van der Waals surface area contributed by atoms with Crippen LogP contribution in [0, 0.1) is 5.82 Å². The van der Waals surface area contributed by atoms with E-state index in [1.54, 1.807) is 26.8 Å². The Bertz CT molecular complexity index is 1610. The van der Waals surface area contributed by atoms with E-state index in [2.05, 4.69) is 10.3 Å². The number of piperazine rings is 1. The Labute approximate surface area is 246 Å². The number of nitrogens with one attached hydrogen (secondary N) is 1. The molecule has 0 aliphatic carbocycles. The van der Waals surface area contributed by atoms with Crippen LogP contribution in [-0.2, 0) is 20.8 Å². The molecular weight excluding hydrogens is 563 g/mol. The van der Waals surface area contributed by atoms with Crippen LogP contribution in [0.2, 0.25) is 0 Å². The predicted octanol–water partition coefficient (Wildman–Crippen LogP) is 1.89. The normalized spacial score (nSPS) is 16.0. The van der Waals surface area contributed by atoms with Gasteiger partial charge in [-0.25, -0.2) is 14.2 Å². The number of rotatable bonds is 5. The molecule has 0 radical (unpaired) electrons. The summed E-state index contributed by atoms with van der Waals surface area (Å²) in [6.45, 7) is 7.15. The zero-order valence-electron chi connectivity index (χ0n) is 24.1. The fourth-order valence-electron chi connectivity index (χ4n) is 4.83. The Morgan fingerprint density at radius 2 is 1.79 bits per heavy atom. The number of morpholine rings is 1. The van der Waals surface area contributed by atoms with Crippen molar-refractivity contribution in [1.82, 2.24) is 19.6 Å². The summed E-state index contributed by atoms with van der Waals surface area (Å²) < 4.78 is 25.2. The summed E-state index contributed by atoms with van der Waals surface area (Å²) in [6.07, 6.45) is 0.882.